The van der Waals surface area contributed by atoms with Crippen molar-refractivity contribution in [3.63, 3.8) is 0 Å². The number of nitrogens with zero attached hydrogens (tertiary/aromatic N) is 2. The third-order valence-corrected chi connectivity index (χ3v) is 18.0. The van der Waals surface area contributed by atoms with Crippen LogP contribution in [0.4, 0.5) is 35.1 Å². The Morgan fingerprint density at radius 1 is 0.500 bits per heavy atom. The number of amides is 3. The number of alkyl halides is 8. The number of rotatable bonds is 31. The first-order chi connectivity index (χ1) is 54.4. The van der Waals surface area contributed by atoms with E-state index >= 15 is 0 Å². The van der Waals surface area contributed by atoms with Gasteiger partial charge >= 0.3 is 42.7 Å². The molecular formula is C80H102Cl2F8LiN11O20. The summed E-state index contributed by atoms with van der Waals surface area (Å²) in [7, 11) is 8.28. The molecule has 2 aliphatic heterocycles. The second-order valence-electron chi connectivity index (χ2n) is 27.7. The fourth-order valence-corrected chi connectivity index (χ4v) is 12.4. The molecule has 6 heterocycles. The van der Waals surface area contributed by atoms with Crippen molar-refractivity contribution in [2.24, 2.45) is 41.1 Å². The molecule has 2 aliphatic rings. The van der Waals surface area contributed by atoms with Gasteiger partial charge in [-0.1, -0.05) is 31.7 Å². The number of aromatic carboxylic acids is 1. The van der Waals surface area contributed by atoms with Crippen molar-refractivity contribution in [1.29, 1.82) is 10.5 Å². The Hall–Kier alpha value is -11.0. The number of ether oxygens (including phenoxy) is 6. The van der Waals surface area contributed by atoms with Gasteiger partial charge in [0.25, 0.3) is 0 Å². The zero-order valence-corrected chi connectivity index (χ0v) is 69.4. The Kier molecular flexibility index (Phi) is 47.9. The van der Waals surface area contributed by atoms with Crippen LogP contribution >= 0.6 is 24.8 Å². The molecule has 4 aromatic heterocycles. The van der Waals surface area contributed by atoms with E-state index < -0.39 is 151 Å². The standard InChI is InChI=1S/C23H26F2N4O4.C17H19F2NO4.C16H17F2NO4.C10H9NO3.C7H11N3O.C6H11F2NO2.CH4.2ClH.Li.2H2O/c1-23(24,25)11-14(22(32)28-15(12-26)8-13-6-7-27-21(13)31)9-19(30)18-10-16-17(29-18)4-3-5-20(16)33-2;1-17(18,19)9-10(16(22)24-3)7-14(21)13-8-11-12(20-13)5-4-6-15(11)23-2;1-16(17,18)8-9(15(21)22)6-13(20)12-7-10-11(19-12)4-3-5-14(10)23-2;1-14-9-4-2-3-7-6(9)5-8(11-7)10(12)13;8-4-6(9)3-5-1-2-10-7(5)11;1-6(7,8)3-4(9)5(10)11-2;;;;;;/h3-5,10,13-15,29H,6-9,11H2,1-2H3,(H,27,31)(H,28,32);4-6,8,10,20H,7,9H2,1-3H3;3-5,7,9,19H,6,8H2,1-2H3,(H,21,22);2-5,11H,1H3,(H,12,13);5-6H,1-3,9H2,(H,10,11);4H,3,9H2,1-2H3;1H4;2*1H;;2*1H2/q;;;;;;;;;+1;;/p-1/t13-,14?,15-;;;;5-,6-;;;;;;;/m0...0......./s1. The Bertz CT molecular complexity index is 4860. The monoisotopic (exact) mass is 1770 g/mol. The summed E-state index contributed by atoms with van der Waals surface area (Å²) < 4.78 is 134. The number of benzene rings is 4. The van der Waals surface area contributed by atoms with Crippen molar-refractivity contribution < 1.29 is 152 Å². The maximum atomic E-state index is 13.8. The number of Topliss-reactive ketones (excluding diaryl/α,β-unsaturated/α-hetero) is 3. The number of aromatic amines is 4. The van der Waals surface area contributed by atoms with E-state index in [2.05, 4.69) is 45.4 Å². The van der Waals surface area contributed by atoms with Crippen LogP contribution in [0.3, 0.4) is 0 Å². The molecule has 0 radical (unpaired) electrons. The number of carbonyl (C=O) groups excluding carboxylic acids is 8. The average molecular weight is 1770 g/mol. The van der Waals surface area contributed by atoms with Crippen molar-refractivity contribution >= 4 is 127 Å². The Morgan fingerprint density at radius 2 is 0.811 bits per heavy atom. The van der Waals surface area contributed by atoms with Crippen molar-refractivity contribution in [2.45, 2.75) is 148 Å². The van der Waals surface area contributed by atoms with Crippen LogP contribution in [0, 0.1) is 52.3 Å². The van der Waals surface area contributed by atoms with Crippen LogP contribution in [0.1, 0.15) is 148 Å². The molecule has 3 amide bonds. The molecule has 2 fully saturated rings. The minimum Gasteiger partial charge on any atom is -0.870 e. The molecule has 668 valence electrons. The number of H-pyrrole nitrogens is 4. The van der Waals surface area contributed by atoms with Gasteiger partial charge in [0.05, 0.1) is 95.7 Å². The average Bonchev–Trinajstić information content (AvgIpc) is 1.68. The molecule has 0 bridgehead atoms. The van der Waals surface area contributed by atoms with E-state index in [1.807, 2.05) is 24.3 Å². The molecule has 10 rings (SSSR count). The molecule has 122 heavy (non-hydrogen) atoms. The van der Waals surface area contributed by atoms with Gasteiger partial charge in [-0.25, -0.2) is 39.9 Å². The number of halogens is 10. The predicted molar refractivity (Wildman–Crippen MR) is 434 cm³/mol. The summed E-state index contributed by atoms with van der Waals surface area (Å²) in [5.41, 5.74) is 13.9. The van der Waals surface area contributed by atoms with E-state index in [1.54, 1.807) is 92.0 Å². The number of hydrogen-bond acceptors (Lipinski definition) is 21. The Labute approximate surface area is 721 Å². The number of carboxylic acids is 2. The zero-order valence-electron chi connectivity index (χ0n) is 67.8. The third-order valence-electron chi connectivity index (χ3n) is 18.0. The van der Waals surface area contributed by atoms with Crippen LogP contribution in [0.2, 0.25) is 0 Å². The molecule has 4 aromatic carbocycles. The minimum absolute atomic E-state index is 0. The maximum absolute atomic E-state index is 13.8. The molecule has 4 unspecified atom stereocenters. The largest absolute Gasteiger partial charge is 1.00 e. The van der Waals surface area contributed by atoms with E-state index in [0.717, 1.165) is 38.1 Å². The molecule has 8 atom stereocenters. The number of carboxylic acid groups (broad SMARTS) is 2. The summed E-state index contributed by atoms with van der Waals surface area (Å²) in [6, 6.07) is 28.4. The number of carbonyl (C=O) groups is 10. The maximum Gasteiger partial charge on any atom is 1.00 e. The van der Waals surface area contributed by atoms with Crippen LogP contribution in [-0.4, -0.2) is 198 Å². The number of methoxy groups -OCH3 is 6. The Morgan fingerprint density at radius 3 is 1.11 bits per heavy atom. The third kappa shape index (κ3) is 35.6. The van der Waals surface area contributed by atoms with Crippen molar-refractivity contribution in [2.75, 3.05) is 55.7 Å². The van der Waals surface area contributed by atoms with E-state index in [-0.39, 0.29) is 115 Å². The van der Waals surface area contributed by atoms with Crippen molar-refractivity contribution in [3.05, 3.63) is 120 Å². The second kappa shape index (κ2) is 51.7. The number of ketones is 3. The first-order valence-electron chi connectivity index (χ1n) is 35.9. The molecule has 2 saturated heterocycles. The molecule has 31 nitrogen and oxygen atoms in total. The summed E-state index contributed by atoms with van der Waals surface area (Å²) in [5, 5.41) is 46.2. The van der Waals surface area contributed by atoms with Crippen LogP contribution in [0.15, 0.2) is 97.1 Å². The number of aliphatic carboxylic acids is 1. The van der Waals surface area contributed by atoms with E-state index in [1.165, 1.54) is 21.3 Å². The second-order valence-corrected chi connectivity index (χ2v) is 27.7. The zero-order chi connectivity index (χ0) is 86.7. The molecule has 42 heteroatoms. The Balaban J connectivity index is 0. The molecule has 0 aliphatic carbocycles. The summed E-state index contributed by atoms with van der Waals surface area (Å²) in [6.45, 7) is 3.94. The van der Waals surface area contributed by atoms with Crippen LogP contribution in [-0.2, 0) is 38.2 Å². The number of esters is 2. The normalized spacial score (nSPS) is 14.6. The fourth-order valence-electron chi connectivity index (χ4n) is 12.4. The van der Waals surface area contributed by atoms with Gasteiger partial charge in [-0.2, -0.15) is 10.5 Å². The van der Waals surface area contributed by atoms with Crippen molar-refractivity contribution in [3.8, 4) is 35.1 Å². The topological polar surface area (TPSA) is 527 Å². The van der Waals surface area contributed by atoms with E-state index in [0.29, 0.717) is 103 Å². The SMILES string of the molecule is C.COC(=O)C(CC(=O)c1cc2c(OC)cccc2[nH]1)CC(C)(F)F.COC(=O)C(N)CC(C)(F)F.COc1cccc2[nH]c(C(=O)CC(CC(C)(F)F)C(=O)N[C@H](C#N)C[C@@H]3CCNC3=O)cc12.COc1cccc2[nH]c(C(=O)CC(CC(C)(F)F)C(=O)O)cc12.COc1cccc2[nH]c(C(=O)O)cc12.Cl.Cl.N#C[C@@H](N)C[C@@H]1CCNC1=O.O.[Li+].[OH-]. The molecule has 0 saturated carbocycles. The van der Waals surface area contributed by atoms with Gasteiger partial charge in [-0.05, 0) is 126 Å². The fraction of sp³-hybridized carbons (Fsp3) is 0.450. The summed E-state index contributed by atoms with van der Waals surface area (Å²) >= 11 is 0. The van der Waals surface area contributed by atoms with Crippen LogP contribution in [0.5, 0.6) is 23.0 Å². The minimum atomic E-state index is -3.20. The number of nitrogens with one attached hydrogen (secondary N) is 7. The van der Waals surface area contributed by atoms with Gasteiger partial charge in [-0.15, -0.1) is 24.8 Å². The number of hydrogen-bond donors (Lipinski definition) is 11. The predicted octanol–water partition coefficient (Wildman–Crippen LogP) is 9.28. The van der Waals surface area contributed by atoms with Gasteiger partial charge in [0.1, 0.15) is 40.8 Å². The van der Waals surface area contributed by atoms with Gasteiger partial charge in [0.15, 0.2) is 17.3 Å². The van der Waals surface area contributed by atoms with Gasteiger partial charge < -0.3 is 96.9 Å². The molecule has 8 aromatic rings. The number of aromatic nitrogens is 4. The molecule has 16 N–H and O–H groups in total. The quantitative estimate of drug-likeness (QED) is 0.00834. The van der Waals surface area contributed by atoms with Gasteiger partial charge in [-0.3, -0.25) is 43.2 Å². The molecule has 0 spiro atoms. The van der Waals surface area contributed by atoms with E-state index in [4.69, 9.17) is 45.9 Å². The number of nitrogens with two attached hydrogens (primary N) is 2. The first-order valence-corrected chi connectivity index (χ1v) is 35.9. The molecular weight excluding hydrogens is 1660 g/mol. The van der Waals surface area contributed by atoms with Gasteiger partial charge in [0.2, 0.25) is 41.4 Å². The van der Waals surface area contributed by atoms with Crippen LogP contribution < -0.4 is 65.2 Å². The summed E-state index contributed by atoms with van der Waals surface area (Å²) in [6.07, 6.45) is -2.55. The van der Waals surface area contributed by atoms with Crippen LogP contribution in [0.25, 0.3) is 43.6 Å². The summed E-state index contributed by atoms with van der Waals surface area (Å²) in [4.78, 5) is 129. The number of fused-ring (bicyclic) bond motifs is 4. The summed E-state index contributed by atoms with van der Waals surface area (Å²) in [5.74, 6) is -20.9. The first kappa shape index (κ1) is 113. The van der Waals surface area contributed by atoms with E-state index in [9.17, 15) is 88.3 Å². The number of nitriles is 2. The smallest absolute Gasteiger partial charge is 0.870 e. The van der Waals surface area contributed by atoms with Crippen molar-refractivity contribution in [1.82, 2.24) is 35.9 Å². The van der Waals surface area contributed by atoms with Gasteiger partial charge in [0, 0.05) is 113 Å².